The van der Waals surface area contributed by atoms with Crippen LogP contribution in [0.25, 0.3) is 0 Å². The number of Topliss-reactive ketones (excluding diaryl/α,β-unsaturated/α-hetero) is 1. The molecule has 0 bridgehead atoms. The summed E-state index contributed by atoms with van der Waals surface area (Å²) in [5.41, 5.74) is 6.32. The van der Waals surface area contributed by atoms with Crippen molar-refractivity contribution < 1.29 is 4.79 Å². The van der Waals surface area contributed by atoms with E-state index in [9.17, 15) is 4.79 Å². The summed E-state index contributed by atoms with van der Waals surface area (Å²) in [5.74, 6) is 0.0612. The Hall–Kier alpha value is -0.770. The number of halogens is 2. The second kappa shape index (κ2) is 5.08. The highest BCUT2D eigenvalue weighted by Gasteiger charge is 2.40. The number of carbonyl (C=O) groups is 1. The number of rotatable bonds is 3. The Labute approximate surface area is 117 Å². The first kappa shape index (κ1) is 13.7. The largest absolute Gasteiger partial charge is 0.397 e. The first-order valence-corrected chi connectivity index (χ1v) is 6.76. The van der Waals surface area contributed by atoms with E-state index in [4.69, 9.17) is 28.9 Å². The molecule has 0 aromatic heterocycles. The van der Waals surface area contributed by atoms with E-state index in [1.807, 2.05) is 6.92 Å². The number of ketones is 1. The normalized spacial score (nSPS) is 23.3. The van der Waals surface area contributed by atoms with Gasteiger partial charge in [-0.2, -0.15) is 0 Å². The fourth-order valence-corrected chi connectivity index (χ4v) is 2.78. The van der Waals surface area contributed by atoms with Crippen molar-refractivity contribution in [1.82, 2.24) is 5.32 Å². The van der Waals surface area contributed by atoms with Crippen molar-refractivity contribution in [2.45, 2.75) is 19.8 Å². The highest BCUT2D eigenvalue weighted by atomic mass is 35.5. The second-order valence-corrected chi connectivity index (χ2v) is 5.50. The van der Waals surface area contributed by atoms with Crippen molar-refractivity contribution in [1.29, 1.82) is 0 Å². The minimum atomic E-state index is -0.356. The third-order valence-electron chi connectivity index (χ3n) is 3.78. The average Bonchev–Trinajstić information content (AvgIpc) is 2.85. The molecule has 0 spiro atoms. The summed E-state index contributed by atoms with van der Waals surface area (Å²) in [5, 5.41) is 3.88. The van der Waals surface area contributed by atoms with Crippen LogP contribution in [0.15, 0.2) is 12.1 Å². The average molecular weight is 287 g/mol. The van der Waals surface area contributed by atoms with Gasteiger partial charge in [-0.15, -0.1) is 0 Å². The van der Waals surface area contributed by atoms with E-state index in [-0.39, 0.29) is 21.9 Å². The summed E-state index contributed by atoms with van der Waals surface area (Å²) in [4.78, 5) is 12.7. The Bertz CT molecular complexity index is 482. The Balaban J connectivity index is 2.43. The van der Waals surface area contributed by atoms with Crippen LogP contribution in [0.1, 0.15) is 30.1 Å². The third kappa shape index (κ3) is 2.11. The fourth-order valence-electron chi connectivity index (χ4n) is 2.45. The highest BCUT2D eigenvalue weighted by molar-refractivity contribution is 6.44. The molecule has 1 saturated heterocycles. The number of hydrogen-bond acceptors (Lipinski definition) is 3. The van der Waals surface area contributed by atoms with E-state index in [0.29, 0.717) is 17.1 Å². The minimum absolute atomic E-state index is 0.0612. The number of nitrogens with one attached hydrogen (secondary N) is 1. The lowest BCUT2D eigenvalue weighted by Gasteiger charge is -2.25. The maximum absolute atomic E-state index is 12.7. The van der Waals surface area contributed by atoms with Crippen LogP contribution in [0.2, 0.25) is 10.0 Å². The van der Waals surface area contributed by atoms with Crippen molar-refractivity contribution in [3.8, 4) is 0 Å². The van der Waals surface area contributed by atoms with Crippen molar-refractivity contribution >= 4 is 34.7 Å². The van der Waals surface area contributed by atoms with Gasteiger partial charge in [0.2, 0.25) is 0 Å². The van der Waals surface area contributed by atoms with E-state index in [2.05, 4.69) is 5.32 Å². The fraction of sp³-hybridized carbons (Fsp3) is 0.462. The lowest BCUT2D eigenvalue weighted by atomic mass is 9.77. The molecule has 1 fully saturated rings. The smallest absolute Gasteiger partial charge is 0.172 e. The molecule has 1 aliphatic rings. The molecule has 5 heteroatoms. The summed E-state index contributed by atoms with van der Waals surface area (Å²) in [6.45, 7) is 3.58. The molecule has 1 aromatic carbocycles. The van der Waals surface area contributed by atoms with Gasteiger partial charge < -0.3 is 11.1 Å². The predicted molar refractivity (Wildman–Crippen MR) is 75.4 cm³/mol. The quantitative estimate of drug-likeness (QED) is 0.663. The first-order valence-electron chi connectivity index (χ1n) is 6.01. The third-order valence-corrected chi connectivity index (χ3v) is 4.60. The van der Waals surface area contributed by atoms with Gasteiger partial charge in [-0.3, -0.25) is 4.79 Å². The lowest BCUT2D eigenvalue weighted by Crippen LogP contribution is -2.33. The summed E-state index contributed by atoms with van der Waals surface area (Å²) in [7, 11) is 0. The molecule has 98 valence electrons. The van der Waals surface area contributed by atoms with Gasteiger partial charge in [-0.25, -0.2) is 0 Å². The van der Waals surface area contributed by atoms with Crippen LogP contribution in [0.4, 0.5) is 5.69 Å². The molecular formula is C13H16Cl2N2O. The van der Waals surface area contributed by atoms with Crippen molar-refractivity contribution in [2.75, 3.05) is 18.8 Å². The van der Waals surface area contributed by atoms with Gasteiger partial charge in [-0.05, 0) is 31.5 Å². The summed E-state index contributed by atoms with van der Waals surface area (Å²) < 4.78 is 0. The Kier molecular flexibility index (Phi) is 3.85. The van der Waals surface area contributed by atoms with Crippen LogP contribution in [-0.2, 0) is 0 Å². The molecule has 2 rings (SSSR count). The zero-order valence-electron chi connectivity index (χ0n) is 10.2. The van der Waals surface area contributed by atoms with Crippen LogP contribution in [0.3, 0.4) is 0 Å². The maximum atomic E-state index is 12.7. The van der Waals surface area contributed by atoms with Crippen molar-refractivity contribution in [3.05, 3.63) is 27.7 Å². The zero-order valence-corrected chi connectivity index (χ0v) is 11.7. The minimum Gasteiger partial charge on any atom is -0.397 e. The van der Waals surface area contributed by atoms with Gasteiger partial charge in [-0.1, -0.05) is 30.1 Å². The zero-order chi connectivity index (χ0) is 13.3. The van der Waals surface area contributed by atoms with Gasteiger partial charge in [0.25, 0.3) is 0 Å². The molecule has 3 N–H and O–H groups in total. The topological polar surface area (TPSA) is 55.1 Å². The van der Waals surface area contributed by atoms with E-state index in [1.54, 1.807) is 12.1 Å². The summed E-state index contributed by atoms with van der Waals surface area (Å²) in [6, 6.07) is 3.29. The van der Waals surface area contributed by atoms with Crippen LogP contribution in [-0.4, -0.2) is 18.9 Å². The standard InChI is InChI=1S/C13H16Cl2N2O/c1-2-13(5-6-17-7-13)12(18)8-3-4-9(14)10(15)11(8)16/h3-4,17H,2,5-7,16H2,1H3/t13-/m1/s1. The lowest BCUT2D eigenvalue weighted by molar-refractivity contribution is 0.0811. The molecule has 0 aliphatic carbocycles. The number of benzene rings is 1. The van der Waals surface area contributed by atoms with E-state index in [1.165, 1.54) is 0 Å². The molecule has 0 unspecified atom stereocenters. The van der Waals surface area contributed by atoms with Gasteiger partial charge in [0.1, 0.15) is 0 Å². The molecule has 0 radical (unpaired) electrons. The van der Waals surface area contributed by atoms with Gasteiger partial charge in [0.15, 0.2) is 5.78 Å². The van der Waals surface area contributed by atoms with Crippen LogP contribution >= 0.6 is 23.2 Å². The summed E-state index contributed by atoms with van der Waals surface area (Å²) in [6.07, 6.45) is 1.63. The van der Waals surface area contributed by atoms with Crippen molar-refractivity contribution in [2.24, 2.45) is 5.41 Å². The SMILES string of the molecule is CC[C@@]1(C(=O)c2ccc(Cl)c(Cl)c2N)CCNC1. The molecule has 1 atom stereocenters. The molecule has 18 heavy (non-hydrogen) atoms. The van der Waals surface area contributed by atoms with E-state index in [0.717, 1.165) is 19.4 Å². The molecule has 1 aromatic rings. The van der Waals surface area contributed by atoms with Crippen molar-refractivity contribution in [3.63, 3.8) is 0 Å². The van der Waals surface area contributed by atoms with Crippen LogP contribution < -0.4 is 11.1 Å². The Morgan fingerprint density at radius 2 is 2.22 bits per heavy atom. The van der Waals surface area contributed by atoms with Crippen LogP contribution in [0.5, 0.6) is 0 Å². The van der Waals surface area contributed by atoms with Gasteiger partial charge >= 0.3 is 0 Å². The number of nitrogens with two attached hydrogens (primary N) is 1. The van der Waals surface area contributed by atoms with E-state index < -0.39 is 0 Å². The first-order chi connectivity index (χ1) is 8.52. The molecule has 3 nitrogen and oxygen atoms in total. The number of hydrogen-bond donors (Lipinski definition) is 2. The van der Waals surface area contributed by atoms with Gasteiger partial charge in [0, 0.05) is 17.5 Å². The molecular weight excluding hydrogens is 271 g/mol. The number of carbonyl (C=O) groups excluding carboxylic acids is 1. The Morgan fingerprint density at radius 3 is 2.78 bits per heavy atom. The Morgan fingerprint density at radius 1 is 1.50 bits per heavy atom. The summed E-state index contributed by atoms with van der Waals surface area (Å²) >= 11 is 11.9. The van der Waals surface area contributed by atoms with Gasteiger partial charge in [0.05, 0.1) is 15.7 Å². The second-order valence-electron chi connectivity index (χ2n) is 4.71. The number of nitrogen functional groups attached to an aromatic ring is 1. The molecule has 1 aliphatic heterocycles. The van der Waals surface area contributed by atoms with E-state index >= 15 is 0 Å². The number of anilines is 1. The highest BCUT2D eigenvalue weighted by Crippen LogP contribution is 2.38. The molecule has 0 saturated carbocycles. The maximum Gasteiger partial charge on any atom is 0.172 e. The monoisotopic (exact) mass is 286 g/mol. The molecule has 0 amide bonds. The predicted octanol–water partition coefficient (Wildman–Crippen LogP) is 3.15. The molecule has 1 heterocycles. The van der Waals surface area contributed by atoms with Crippen LogP contribution in [0, 0.1) is 5.41 Å².